The van der Waals surface area contributed by atoms with Crippen LogP contribution >= 0.6 is 11.6 Å². The Balaban J connectivity index is 2.53. The van der Waals surface area contributed by atoms with E-state index in [1.165, 1.54) is 11.1 Å². The lowest BCUT2D eigenvalue weighted by atomic mass is 10.1. The zero-order valence-electron chi connectivity index (χ0n) is 10.7. The molecule has 1 N–H and O–H groups in total. The zero-order chi connectivity index (χ0) is 12.7. The maximum Gasteiger partial charge on any atom is 0.120 e. The Morgan fingerprint density at radius 3 is 2.76 bits per heavy atom. The van der Waals surface area contributed by atoms with Crippen molar-refractivity contribution in [2.75, 3.05) is 6.61 Å². The van der Waals surface area contributed by atoms with E-state index in [2.05, 4.69) is 32.2 Å². The number of nitrogens with one attached hydrogen (secondary N) is 1. The Bertz CT molecular complexity index is 369. The highest BCUT2D eigenvalue weighted by Crippen LogP contribution is 2.14. The van der Waals surface area contributed by atoms with E-state index in [4.69, 9.17) is 16.3 Å². The van der Waals surface area contributed by atoms with Crippen LogP contribution in [0.4, 0.5) is 0 Å². The largest absolute Gasteiger partial charge is 0.489 e. The Labute approximate surface area is 109 Å². The maximum atomic E-state index is 5.52. The van der Waals surface area contributed by atoms with Gasteiger partial charge >= 0.3 is 0 Å². The summed E-state index contributed by atoms with van der Waals surface area (Å²) in [6, 6.07) is 8.08. The van der Waals surface area contributed by atoms with Crippen LogP contribution in [0.3, 0.4) is 0 Å². The second-order valence-electron chi connectivity index (χ2n) is 4.92. The lowest BCUT2D eigenvalue weighted by Gasteiger charge is -2.20. The molecule has 0 aliphatic heterocycles. The quantitative estimate of drug-likeness (QED) is 0.864. The van der Waals surface area contributed by atoms with Gasteiger partial charge in [0.1, 0.15) is 12.4 Å². The zero-order valence-corrected chi connectivity index (χ0v) is 11.4. The molecule has 0 fully saturated rings. The summed E-state index contributed by atoms with van der Waals surface area (Å²) in [5.41, 5.74) is 2.80. The van der Waals surface area contributed by atoms with Gasteiger partial charge in [-0.3, -0.25) is 0 Å². The predicted octanol–water partition coefficient (Wildman–Crippen LogP) is 3.71. The minimum atomic E-state index is 0.123. The number of hydrogen-bond donors (Lipinski definition) is 1. The summed E-state index contributed by atoms with van der Waals surface area (Å²) in [6.07, 6.45) is 1.77. The molecule has 1 aromatic rings. The highest BCUT2D eigenvalue weighted by atomic mass is 35.5. The van der Waals surface area contributed by atoms with Crippen LogP contribution in [0.25, 0.3) is 0 Å². The molecule has 1 rings (SSSR count). The molecule has 94 valence electrons. The van der Waals surface area contributed by atoms with Gasteiger partial charge in [-0.25, -0.2) is 0 Å². The topological polar surface area (TPSA) is 21.3 Å². The van der Waals surface area contributed by atoms with Crippen LogP contribution in [0.15, 0.2) is 35.9 Å². The molecular weight excluding hydrogens is 234 g/mol. The molecule has 0 atom stereocenters. The first kappa shape index (κ1) is 14.1. The first-order valence-electron chi connectivity index (χ1n) is 5.73. The van der Waals surface area contributed by atoms with Gasteiger partial charge in [0.2, 0.25) is 0 Å². The Morgan fingerprint density at radius 1 is 1.35 bits per heavy atom. The highest BCUT2D eigenvalue weighted by Gasteiger charge is 2.08. The molecule has 0 aliphatic carbocycles. The summed E-state index contributed by atoms with van der Waals surface area (Å²) in [4.78, 5) is 0. The predicted molar refractivity (Wildman–Crippen MR) is 73.5 cm³/mol. The number of benzene rings is 1. The van der Waals surface area contributed by atoms with Crippen LogP contribution in [0.2, 0.25) is 0 Å². The molecule has 2 nitrogen and oxygen atoms in total. The summed E-state index contributed by atoms with van der Waals surface area (Å²) in [6.45, 7) is 7.79. The van der Waals surface area contributed by atoms with Crippen LogP contribution in [-0.4, -0.2) is 12.1 Å². The summed E-state index contributed by atoms with van der Waals surface area (Å²) >= 11 is 5.43. The average molecular weight is 254 g/mol. The maximum absolute atomic E-state index is 5.52. The van der Waals surface area contributed by atoms with Crippen molar-refractivity contribution in [2.45, 2.75) is 32.9 Å². The standard InChI is InChI=1S/C14H20ClNO/c1-14(2,3)16-11-12-6-4-7-13(10-12)17-9-5-8-15/h4-8,10,16H,9,11H2,1-3H3. The van der Waals surface area contributed by atoms with E-state index in [1.54, 1.807) is 6.08 Å². The molecule has 1 aromatic carbocycles. The van der Waals surface area contributed by atoms with Gasteiger partial charge in [0, 0.05) is 17.6 Å². The second-order valence-corrected chi connectivity index (χ2v) is 5.18. The molecule has 0 spiro atoms. The van der Waals surface area contributed by atoms with Gasteiger partial charge in [0.25, 0.3) is 0 Å². The SMILES string of the molecule is CC(C)(C)NCc1cccc(OCC=CCl)c1. The van der Waals surface area contributed by atoms with E-state index in [9.17, 15) is 0 Å². The van der Waals surface area contributed by atoms with Crippen LogP contribution < -0.4 is 10.1 Å². The molecule has 0 radical (unpaired) electrons. The third-order valence-electron chi connectivity index (χ3n) is 2.16. The van der Waals surface area contributed by atoms with Crippen molar-refractivity contribution in [1.82, 2.24) is 5.32 Å². The third kappa shape index (κ3) is 6.35. The van der Waals surface area contributed by atoms with Crippen molar-refractivity contribution in [2.24, 2.45) is 0 Å². The van der Waals surface area contributed by atoms with Crippen molar-refractivity contribution >= 4 is 11.6 Å². The van der Waals surface area contributed by atoms with E-state index in [1.807, 2.05) is 18.2 Å². The first-order valence-corrected chi connectivity index (χ1v) is 6.17. The Kier molecular flexibility index (Phi) is 5.52. The summed E-state index contributed by atoms with van der Waals surface area (Å²) in [7, 11) is 0. The molecule has 0 saturated carbocycles. The smallest absolute Gasteiger partial charge is 0.120 e. The van der Waals surface area contributed by atoms with Crippen molar-refractivity contribution in [3.8, 4) is 5.75 Å². The van der Waals surface area contributed by atoms with Crippen molar-refractivity contribution < 1.29 is 4.74 Å². The first-order chi connectivity index (χ1) is 8.01. The summed E-state index contributed by atoms with van der Waals surface area (Å²) in [5, 5.41) is 3.44. The normalized spacial score (nSPS) is 12.0. The van der Waals surface area contributed by atoms with Gasteiger partial charge in [-0.15, -0.1) is 0 Å². The molecule has 0 amide bonds. The number of ether oxygens (including phenoxy) is 1. The van der Waals surface area contributed by atoms with E-state index in [0.717, 1.165) is 12.3 Å². The van der Waals surface area contributed by atoms with Gasteiger partial charge in [0.05, 0.1) is 0 Å². The van der Waals surface area contributed by atoms with Crippen molar-refractivity contribution in [3.63, 3.8) is 0 Å². The third-order valence-corrected chi connectivity index (χ3v) is 2.33. The lowest BCUT2D eigenvalue weighted by Crippen LogP contribution is -2.35. The van der Waals surface area contributed by atoms with E-state index in [-0.39, 0.29) is 5.54 Å². The van der Waals surface area contributed by atoms with Crippen molar-refractivity contribution in [3.05, 3.63) is 41.4 Å². The number of halogens is 1. The van der Waals surface area contributed by atoms with E-state index < -0.39 is 0 Å². The van der Waals surface area contributed by atoms with Gasteiger partial charge in [-0.1, -0.05) is 23.7 Å². The fraction of sp³-hybridized carbons (Fsp3) is 0.429. The molecule has 0 unspecified atom stereocenters. The van der Waals surface area contributed by atoms with Crippen LogP contribution in [0.5, 0.6) is 5.75 Å². The second kappa shape index (κ2) is 6.67. The van der Waals surface area contributed by atoms with Gasteiger partial charge in [-0.05, 0) is 44.5 Å². The highest BCUT2D eigenvalue weighted by molar-refractivity contribution is 6.25. The lowest BCUT2D eigenvalue weighted by molar-refractivity contribution is 0.362. The van der Waals surface area contributed by atoms with Gasteiger partial charge in [-0.2, -0.15) is 0 Å². The van der Waals surface area contributed by atoms with Gasteiger partial charge in [0.15, 0.2) is 0 Å². The molecule has 0 saturated heterocycles. The fourth-order valence-corrected chi connectivity index (χ4v) is 1.37. The van der Waals surface area contributed by atoms with Gasteiger partial charge < -0.3 is 10.1 Å². The molecule has 0 heterocycles. The Hall–Kier alpha value is -0.990. The monoisotopic (exact) mass is 253 g/mol. The molecule has 0 bridgehead atoms. The number of hydrogen-bond acceptors (Lipinski definition) is 2. The minimum absolute atomic E-state index is 0.123. The summed E-state index contributed by atoms with van der Waals surface area (Å²) < 4.78 is 5.52. The average Bonchev–Trinajstić information content (AvgIpc) is 2.27. The van der Waals surface area contributed by atoms with E-state index in [0.29, 0.717) is 6.61 Å². The Morgan fingerprint density at radius 2 is 2.12 bits per heavy atom. The molecule has 3 heteroatoms. The fourth-order valence-electron chi connectivity index (χ4n) is 1.29. The van der Waals surface area contributed by atoms with E-state index >= 15 is 0 Å². The minimum Gasteiger partial charge on any atom is -0.489 e. The molecule has 0 aromatic heterocycles. The molecular formula is C14H20ClNO. The number of rotatable bonds is 5. The molecule has 17 heavy (non-hydrogen) atoms. The van der Waals surface area contributed by atoms with Crippen LogP contribution in [0, 0.1) is 0 Å². The molecule has 0 aliphatic rings. The summed E-state index contributed by atoms with van der Waals surface area (Å²) in [5.74, 6) is 0.868. The van der Waals surface area contributed by atoms with Crippen molar-refractivity contribution in [1.29, 1.82) is 0 Å². The van der Waals surface area contributed by atoms with Crippen LogP contribution in [0.1, 0.15) is 26.3 Å². The van der Waals surface area contributed by atoms with Crippen LogP contribution in [-0.2, 0) is 6.54 Å².